The van der Waals surface area contributed by atoms with E-state index in [1.54, 1.807) is 15.6 Å². The van der Waals surface area contributed by atoms with Crippen molar-refractivity contribution >= 4 is 21.5 Å². The van der Waals surface area contributed by atoms with E-state index >= 15 is 0 Å². The third-order valence-corrected chi connectivity index (χ3v) is 7.39. The Morgan fingerprint density at radius 1 is 1.30 bits per heavy atom. The van der Waals surface area contributed by atoms with E-state index in [0.717, 1.165) is 25.9 Å². The quantitative estimate of drug-likeness (QED) is 0.851. The largest absolute Gasteiger partial charge is 0.294 e. The number of rotatable bonds is 6. The zero-order chi connectivity index (χ0) is 16.3. The maximum Gasteiger partial charge on any atom is 0.279 e. The molecular weight excluding hydrogens is 330 g/mol. The molecule has 2 atom stereocenters. The van der Waals surface area contributed by atoms with Crippen LogP contribution in [0.2, 0.25) is 0 Å². The van der Waals surface area contributed by atoms with E-state index in [1.165, 1.54) is 17.7 Å². The number of likely N-dealkylation sites (tertiary alicyclic amines) is 1. The standard InChI is InChI=1S/C16H27N3O2S2/c1-14-6-4-10-19(13-14)23(20,21)17-12-15(16-7-5-11-22-16)18-8-2-3-9-18/h5,7,11,14-15,17H,2-4,6,8-10,12-13H2,1H3. The van der Waals surface area contributed by atoms with E-state index in [-0.39, 0.29) is 6.04 Å². The molecule has 3 heterocycles. The molecule has 2 aliphatic rings. The lowest BCUT2D eigenvalue weighted by atomic mass is 10.0. The highest BCUT2D eigenvalue weighted by Gasteiger charge is 2.30. The number of nitrogens with one attached hydrogen (secondary N) is 1. The van der Waals surface area contributed by atoms with Gasteiger partial charge in [-0.1, -0.05) is 13.0 Å². The van der Waals surface area contributed by atoms with Crippen molar-refractivity contribution in [3.63, 3.8) is 0 Å². The van der Waals surface area contributed by atoms with Crippen molar-refractivity contribution < 1.29 is 8.42 Å². The fraction of sp³-hybridized carbons (Fsp3) is 0.750. The van der Waals surface area contributed by atoms with Crippen LogP contribution in [0.3, 0.4) is 0 Å². The van der Waals surface area contributed by atoms with E-state index in [9.17, 15) is 8.42 Å². The molecule has 0 radical (unpaired) electrons. The molecule has 0 saturated carbocycles. The minimum atomic E-state index is -3.37. The maximum absolute atomic E-state index is 12.6. The molecule has 2 fully saturated rings. The molecule has 130 valence electrons. The van der Waals surface area contributed by atoms with E-state index < -0.39 is 10.2 Å². The summed E-state index contributed by atoms with van der Waals surface area (Å²) in [5.41, 5.74) is 0. The smallest absolute Gasteiger partial charge is 0.279 e. The molecule has 0 spiro atoms. The Morgan fingerprint density at radius 2 is 2.09 bits per heavy atom. The molecule has 2 unspecified atom stereocenters. The van der Waals surface area contributed by atoms with Gasteiger partial charge in [-0.3, -0.25) is 4.90 Å². The van der Waals surface area contributed by atoms with Crippen molar-refractivity contribution in [2.45, 2.75) is 38.6 Å². The lowest BCUT2D eigenvalue weighted by Crippen LogP contribution is -2.47. The van der Waals surface area contributed by atoms with Gasteiger partial charge in [0.2, 0.25) is 0 Å². The van der Waals surface area contributed by atoms with Gasteiger partial charge in [0.1, 0.15) is 0 Å². The SMILES string of the molecule is CC1CCCN(S(=O)(=O)NCC(c2cccs2)N2CCCC2)C1. The van der Waals surface area contributed by atoms with Crippen LogP contribution in [-0.4, -0.2) is 50.3 Å². The monoisotopic (exact) mass is 357 g/mol. The highest BCUT2D eigenvalue weighted by molar-refractivity contribution is 7.87. The highest BCUT2D eigenvalue weighted by atomic mass is 32.2. The van der Waals surface area contributed by atoms with Gasteiger partial charge in [0.05, 0.1) is 6.04 Å². The summed E-state index contributed by atoms with van der Waals surface area (Å²) >= 11 is 1.71. The Morgan fingerprint density at radius 3 is 2.74 bits per heavy atom. The Balaban J connectivity index is 1.66. The van der Waals surface area contributed by atoms with E-state index in [0.29, 0.717) is 25.6 Å². The zero-order valence-corrected chi connectivity index (χ0v) is 15.4. The van der Waals surface area contributed by atoms with Crippen LogP contribution in [0.4, 0.5) is 0 Å². The molecule has 5 nitrogen and oxygen atoms in total. The lowest BCUT2D eigenvalue weighted by Gasteiger charge is -2.32. The van der Waals surface area contributed by atoms with E-state index in [4.69, 9.17) is 0 Å². The van der Waals surface area contributed by atoms with Gasteiger partial charge < -0.3 is 0 Å². The predicted octanol–water partition coefficient (Wildman–Crippen LogP) is 2.45. The van der Waals surface area contributed by atoms with Gasteiger partial charge in [0.25, 0.3) is 10.2 Å². The van der Waals surface area contributed by atoms with Crippen molar-refractivity contribution in [3.05, 3.63) is 22.4 Å². The van der Waals surface area contributed by atoms with Crippen molar-refractivity contribution in [2.75, 3.05) is 32.7 Å². The molecule has 23 heavy (non-hydrogen) atoms. The minimum absolute atomic E-state index is 0.162. The van der Waals surface area contributed by atoms with Gasteiger partial charge in [-0.25, -0.2) is 4.72 Å². The Hall–Kier alpha value is -0.470. The molecule has 3 rings (SSSR count). The maximum atomic E-state index is 12.6. The van der Waals surface area contributed by atoms with E-state index in [1.807, 2.05) is 6.07 Å². The first-order valence-electron chi connectivity index (χ1n) is 8.58. The Bertz CT molecular complexity index is 582. The number of thiophene rings is 1. The molecule has 0 aromatic carbocycles. The molecule has 0 aliphatic carbocycles. The van der Waals surface area contributed by atoms with E-state index in [2.05, 4.69) is 28.0 Å². The minimum Gasteiger partial charge on any atom is -0.294 e. The first-order valence-corrected chi connectivity index (χ1v) is 10.9. The lowest BCUT2D eigenvalue weighted by molar-refractivity contribution is 0.244. The molecule has 1 aromatic heterocycles. The average molecular weight is 358 g/mol. The first-order chi connectivity index (χ1) is 11.1. The van der Waals surface area contributed by atoms with Crippen LogP contribution >= 0.6 is 11.3 Å². The third kappa shape index (κ3) is 4.33. The Labute approximate surface area is 143 Å². The van der Waals surface area contributed by atoms with Crippen LogP contribution in [0.25, 0.3) is 0 Å². The van der Waals surface area contributed by atoms with Gasteiger partial charge in [0, 0.05) is 24.5 Å². The normalized spacial score (nSPS) is 25.7. The highest BCUT2D eigenvalue weighted by Crippen LogP contribution is 2.28. The van der Waals surface area contributed by atoms with Crippen LogP contribution in [0.1, 0.15) is 43.5 Å². The summed E-state index contributed by atoms with van der Waals surface area (Å²) in [4.78, 5) is 3.66. The topological polar surface area (TPSA) is 52.7 Å². The van der Waals surface area contributed by atoms with Crippen molar-refractivity contribution in [2.24, 2.45) is 5.92 Å². The van der Waals surface area contributed by atoms with Gasteiger partial charge in [-0.2, -0.15) is 12.7 Å². The summed E-state index contributed by atoms with van der Waals surface area (Å²) in [6.07, 6.45) is 4.50. The van der Waals surface area contributed by atoms with Crippen LogP contribution in [0.5, 0.6) is 0 Å². The summed E-state index contributed by atoms with van der Waals surface area (Å²) < 4.78 is 29.7. The summed E-state index contributed by atoms with van der Waals surface area (Å²) in [6.45, 7) is 6.00. The molecule has 1 aromatic rings. The fourth-order valence-corrected chi connectivity index (χ4v) is 5.82. The molecule has 0 amide bonds. The number of nitrogens with zero attached hydrogens (tertiary/aromatic N) is 2. The first kappa shape index (κ1) is 17.4. The molecule has 2 aliphatic heterocycles. The molecular formula is C16H27N3O2S2. The molecule has 0 bridgehead atoms. The van der Waals surface area contributed by atoms with Gasteiger partial charge >= 0.3 is 0 Å². The van der Waals surface area contributed by atoms with Gasteiger partial charge in [-0.05, 0) is 56.1 Å². The van der Waals surface area contributed by atoms with Crippen LogP contribution < -0.4 is 4.72 Å². The molecule has 7 heteroatoms. The Kier molecular flexibility index (Phi) is 5.74. The van der Waals surface area contributed by atoms with Crippen molar-refractivity contribution in [1.29, 1.82) is 0 Å². The average Bonchev–Trinajstić information content (AvgIpc) is 3.21. The van der Waals surface area contributed by atoms with Crippen LogP contribution in [-0.2, 0) is 10.2 Å². The zero-order valence-electron chi connectivity index (χ0n) is 13.8. The van der Waals surface area contributed by atoms with Crippen molar-refractivity contribution in [1.82, 2.24) is 13.9 Å². The second-order valence-electron chi connectivity index (χ2n) is 6.73. The van der Waals surface area contributed by atoms with Crippen LogP contribution in [0, 0.1) is 5.92 Å². The molecule has 1 N–H and O–H groups in total. The third-order valence-electron chi connectivity index (χ3n) is 4.87. The number of hydrogen-bond donors (Lipinski definition) is 1. The number of hydrogen-bond acceptors (Lipinski definition) is 4. The second kappa shape index (κ2) is 7.61. The fourth-order valence-electron chi connectivity index (χ4n) is 3.58. The summed E-state index contributed by atoms with van der Waals surface area (Å²) in [7, 11) is -3.37. The van der Waals surface area contributed by atoms with Gasteiger partial charge in [0.15, 0.2) is 0 Å². The number of piperidine rings is 1. The molecule has 2 saturated heterocycles. The van der Waals surface area contributed by atoms with Crippen LogP contribution in [0.15, 0.2) is 17.5 Å². The summed E-state index contributed by atoms with van der Waals surface area (Å²) in [6, 6.07) is 4.32. The predicted molar refractivity (Wildman–Crippen MR) is 94.8 cm³/mol. The van der Waals surface area contributed by atoms with Gasteiger partial charge in [-0.15, -0.1) is 11.3 Å². The summed E-state index contributed by atoms with van der Waals surface area (Å²) in [5, 5.41) is 2.07. The van der Waals surface area contributed by atoms with Crippen molar-refractivity contribution in [3.8, 4) is 0 Å². The summed E-state index contributed by atoms with van der Waals surface area (Å²) in [5.74, 6) is 0.451. The second-order valence-corrected chi connectivity index (χ2v) is 9.47.